The summed E-state index contributed by atoms with van der Waals surface area (Å²) in [5.41, 5.74) is 2.68. The van der Waals surface area contributed by atoms with Gasteiger partial charge in [0, 0.05) is 29.1 Å². The Morgan fingerprint density at radius 1 is 1.15 bits per heavy atom. The van der Waals surface area contributed by atoms with E-state index in [1.54, 1.807) is 18.2 Å². The highest BCUT2D eigenvalue weighted by Crippen LogP contribution is 2.50. The van der Waals surface area contributed by atoms with Crippen molar-refractivity contribution in [2.24, 2.45) is 0 Å². The Bertz CT molecular complexity index is 1080. The quantitative estimate of drug-likeness (QED) is 0.658. The van der Waals surface area contributed by atoms with Crippen LogP contribution in [0.1, 0.15) is 43.7 Å². The second-order valence-electron chi connectivity index (χ2n) is 7.72. The minimum atomic E-state index is -3.57. The van der Waals surface area contributed by atoms with E-state index in [1.165, 1.54) is 12.1 Å². The van der Waals surface area contributed by atoms with E-state index in [4.69, 9.17) is 0 Å². The molecule has 0 bridgehead atoms. The molecule has 4 nitrogen and oxygen atoms in total. The molecule has 1 aliphatic rings. The number of benzene rings is 2. The summed E-state index contributed by atoms with van der Waals surface area (Å²) >= 11 is 0. The fourth-order valence-electron chi connectivity index (χ4n) is 3.58. The Balaban J connectivity index is 1.55. The van der Waals surface area contributed by atoms with Gasteiger partial charge in [-0.1, -0.05) is 26.0 Å². The normalized spacial score (nSPS) is 16.1. The fraction of sp³-hybridized carbons (Fsp3) is 0.333. The molecule has 0 aliphatic heterocycles. The fourth-order valence-corrected chi connectivity index (χ4v) is 4.71. The highest BCUT2D eigenvalue weighted by atomic mass is 32.2. The monoisotopic (exact) mass is 386 g/mol. The van der Waals surface area contributed by atoms with E-state index in [1.807, 2.05) is 18.3 Å². The van der Waals surface area contributed by atoms with Gasteiger partial charge in [0.25, 0.3) is 0 Å². The lowest BCUT2D eigenvalue weighted by molar-refractivity contribution is 0.567. The van der Waals surface area contributed by atoms with Crippen LogP contribution in [-0.4, -0.2) is 19.9 Å². The van der Waals surface area contributed by atoms with Crippen molar-refractivity contribution in [3.63, 3.8) is 0 Å². The van der Waals surface area contributed by atoms with E-state index in [9.17, 15) is 12.8 Å². The Hall–Kier alpha value is -2.18. The maximum Gasteiger partial charge on any atom is 0.240 e. The van der Waals surface area contributed by atoms with Crippen molar-refractivity contribution in [2.45, 2.75) is 42.9 Å². The van der Waals surface area contributed by atoms with Crippen LogP contribution in [0.5, 0.6) is 0 Å². The zero-order valence-electron chi connectivity index (χ0n) is 15.4. The second-order valence-corrected chi connectivity index (χ2v) is 9.49. The maximum absolute atomic E-state index is 13.4. The van der Waals surface area contributed by atoms with Gasteiger partial charge in [0.15, 0.2) is 0 Å². The van der Waals surface area contributed by atoms with E-state index in [2.05, 4.69) is 23.6 Å². The molecule has 2 aromatic carbocycles. The predicted molar refractivity (Wildman–Crippen MR) is 105 cm³/mol. The van der Waals surface area contributed by atoms with Gasteiger partial charge in [-0.25, -0.2) is 17.5 Å². The third-order valence-electron chi connectivity index (χ3n) is 5.53. The maximum atomic E-state index is 13.4. The van der Waals surface area contributed by atoms with Crippen LogP contribution in [0.3, 0.4) is 0 Å². The molecule has 1 saturated carbocycles. The molecule has 142 valence electrons. The zero-order chi connectivity index (χ0) is 19.2. The number of fused-ring (bicyclic) bond motifs is 1. The Morgan fingerprint density at radius 2 is 1.85 bits per heavy atom. The number of hydrogen-bond donors (Lipinski definition) is 2. The summed E-state index contributed by atoms with van der Waals surface area (Å²) in [7, 11) is -3.57. The van der Waals surface area contributed by atoms with Crippen molar-refractivity contribution in [3.05, 3.63) is 65.6 Å². The van der Waals surface area contributed by atoms with Crippen LogP contribution in [0, 0.1) is 5.82 Å². The van der Waals surface area contributed by atoms with Crippen molar-refractivity contribution in [1.29, 1.82) is 0 Å². The molecule has 27 heavy (non-hydrogen) atoms. The van der Waals surface area contributed by atoms with Crippen LogP contribution in [0.2, 0.25) is 0 Å². The number of nitrogens with one attached hydrogen (secondary N) is 2. The largest absolute Gasteiger partial charge is 0.361 e. The standard InChI is InChI=1S/C21H23FN2O2S/c1-14(2)15-3-6-17(7-4-15)27(25,26)24-13-21(9-10-21)19-12-23-20-11-16(22)5-8-18(19)20/h3-8,11-12,14,23-24H,9-10,13H2,1-2H3. The van der Waals surface area contributed by atoms with Crippen LogP contribution in [0.15, 0.2) is 53.6 Å². The Kier molecular flexibility index (Phi) is 4.35. The summed E-state index contributed by atoms with van der Waals surface area (Å²) in [5, 5.41) is 0.953. The van der Waals surface area contributed by atoms with Crippen LogP contribution in [-0.2, 0) is 15.4 Å². The first-order chi connectivity index (χ1) is 12.8. The van der Waals surface area contributed by atoms with Crippen molar-refractivity contribution in [1.82, 2.24) is 9.71 Å². The van der Waals surface area contributed by atoms with Crippen molar-refractivity contribution in [3.8, 4) is 0 Å². The molecule has 0 unspecified atom stereocenters. The number of aromatic nitrogens is 1. The van der Waals surface area contributed by atoms with Gasteiger partial charge in [0.1, 0.15) is 5.82 Å². The van der Waals surface area contributed by atoms with Crippen LogP contribution < -0.4 is 4.72 Å². The van der Waals surface area contributed by atoms with Gasteiger partial charge >= 0.3 is 0 Å². The number of rotatable bonds is 6. The number of halogens is 1. The number of aromatic amines is 1. The SMILES string of the molecule is CC(C)c1ccc(S(=O)(=O)NCC2(c3c[nH]c4cc(F)ccc34)CC2)cc1. The summed E-state index contributed by atoms with van der Waals surface area (Å²) < 4.78 is 41.6. The smallest absolute Gasteiger partial charge is 0.240 e. The Morgan fingerprint density at radius 3 is 2.48 bits per heavy atom. The predicted octanol–water partition coefficient (Wildman–Crippen LogP) is 4.44. The topological polar surface area (TPSA) is 62.0 Å². The summed E-state index contributed by atoms with van der Waals surface area (Å²) in [4.78, 5) is 3.38. The first-order valence-electron chi connectivity index (χ1n) is 9.17. The molecule has 2 N–H and O–H groups in total. The van der Waals surface area contributed by atoms with E-state index in [0.29, 0.717) is 12.5 Å². The van der Waals surface area contributed by atoms with Gasteiger partial charge in [0.2, 0.25) is 10.0 Å². The lowest BCUT2D eigenvalue weighted by Crippen LogP contribution is -2.32. The summed E-state index contributed by atoms with van der Waals surface area (Å²) in [6.45, 7) is 4.49. The first-order valence-corrected chi connectivity index (χ1v) is 10.7. The van der Waals surface area contributed by atoms with Crippen LogP contribution in [0.4, 0.5) is 4.39 Å². The summed E-state index contributed by atoms with van der Waals surface area (Å²) in [6, 6.07) is 11.7. The summed E-state index contributed by atoms with van der Waals surface area (Å²) in [5.74, 6) is 0.0717. The molecule has 0 saturated heterocycles. The molecular formula is C21H23FN2O2S. The minimum Gasteiger partial charge on any atom is -0.361 e. The molecule has 6 heteroatoms. The highest BCUT2D eigenvalue weighted by Gasteiger charge is 2.46. The zero-order valence-corrected chi connectivity index (χ0v) is 16.2. The van der Waals surface area contributed by atoms with Gasteiger partial charge in [-0.3, -0.25) is 0 Å². The van der Waals surface area contributed by atoms with E-state index in [0.717, 1.165) is 34.9 Å². The molecule has 0 radical (unpaired) electrons. The van der Waals surface area contributed by atoms with Gasteiger partial charge in [-0.15, -0.1) is 0 Å². The average Bonchev–Trinajstić information content (AvgIpc) is 3.32. The lowest BCUT2D eigenvalue weighted by Gasteiger charge is -2.16. The van der Waals surface area contributed by atoms with E-state index in [-0.39, 0.29) is 16.1 Å². The van der Waals surface area contributed by atoms with Crippen molar-refractivity contribution in [2.75, 3.05) is 6.54 Å². The van der Waals surface area contributed by atoms with Crippen LogP contribution in [0.25, 0.3) is 10.9 Å². The highest BCUT2D eigenvalue weighted by molar-refractivity contribution is 7.89. The van der Waals surface area contributed by atoms with E-state index < -0.39 is 10.0 Å². The molecule has 0 atom stereocenters. The molecule has 1 fully saturated rings. The minimum absolute atomic E-state index is 0.221. The molecule has 0 spiro atoms. The van der Waals surface area contributed by atoms with Gasteiger partial charge < -0.3 is 4.98 Å². The second kappa shape index (κ2) is 6.46. The average molecular weight is 386 g/mol. The van der Waals surface area contributed by atoms with Crippen molar-refractivity contribution < 1.29 is 12.8 Å². The molecule has 1 aliphatic carbocycles. The lowest BCUT2D eigenvalue weighted by atomic mass is 9.96. The number of sulfonamides is 1. The van der Waals surface area contributed by atoms with Crippen molar-refractivity contribution >= 4 is 20.9 Å². The molecular weight excluding hydrogens is 363 g/mol. The molecule has 1 aromatic heterocycles. The van der Waals surface area contributed by atoms with Gasteiger partial charge in [0.05, 0.1) is 4.90 Å². The van der Waals surface area contributed by atoms with Crippen LogP contribution >= 0.6 is 0 Å². The third kappa shape index (κ3) is 3.39. The summed E-state index contributed by atoms with van der Waals surface area (Å²) in [6.07, 6.45) is 3.70. The molecule has 3 aromatic rings. The van der Waals surface area contributed by atoms with Gasteiger partial charge in [-0.2, -0.15) is 0 Å². The number of hydrogen-bond acceptors (Lipinski definition) is 2. The first kappa shape index (κ1) is 18.2. The van der Waals surface area contributed by atoms with E-state index >= 15 is 0 Å². The van der Waals surface area contributed by atoms with Gasteiger partial charge in [-0.05, 0) is 60.2 Å². The number of H-pyrrole nitrogens is 1. The molecule has 4 rings (SSSR count). The molecule has 0 amide bonds. The molecule has 1 heterocycles. The Labute approximate surface area is 158 Å². The third-order valence-corrected chi connectivity index (χ3v) is 6.94.